The zero-order valence-electron chi connectivity index (χ0n) is 6.33. The molecule has 0 saturated carbocycles. The van der Waals surface area contributed by atoms with Crippen molar-refractivity contribution in [1.29, 1.82) is 0 Å². The molecule has 0 heterocycles. The van der Waals surface area contributed by atoms with Crippen molar-refractivity contribution in [3.63, 3.8) is 0 Å². The van der Waals surface area contributed by atoms with E-state index in [0.29, 0.717) is 18.7 Å². The molecule has 0 radical (unpaired) electrons. The van der Waals surface area contributed by atoms with Crippen molar-refractivity contribution in [2.24, 2.45) is 5.92 Å². The zero-order valence-corrected chi connectivity index (χ0v) is 6.33. The first-order valence-corrected chi connectivity index (χ1v) is 3.35. The lowest BCUT2D eigenvalue weighted by molar-refractivity contribution is -0.115. The highest BCUT2D eigenvalue weighted by Crippen LogP contribution is 2.01. The van der Waals surface area contributed by atoms with E-state index in [0.717, 1.165) is 6.29 Å². The molecule has 1 N–H and O–H groups in total. The van der Waals surface area contributed by atoms with Crippen LogP contribution >= 0.6 is 0 Å². The highest BCUT2D eigenvalue weighted by atomic mass is 16.1. The summed E-state index contributed by atoms with van der Waals surface area (Å²) < 4.78 is 0. The fourth-order valence-electron chi connectivity index (χ4n) is 0.758. The van der Waals surface area contributed by atoms with Gasteiger partial charge in [-0.3, -0.25) is 4.79 Å². The van der Waals surface area contributed by atoms with Crippen molar-refractivity contribution in [3.8, 4) is 0 Å². The molecule has 0 aromatic rings. The van der Waals surface area contributed by atoms with Gasteiger partial charge in [0, 0.05) is 0 Å². The highest BCUT2D eigenvalue weighted by molar-refractivity contribution is 5.63. The van der Waals surface area contributed by atoms with Crippen molar-refractivity contribution in [1.82, 2.24) is 5.32 Å². The molecule has 0 rings (SSSR count). The van der Waals surface area contributed by atoms with E-state index < -0.39 is 0 Å². The summed E-state index contributed by atoms with van der Waals surface area (Å²) in [6.07, 6.45) is 2.03. The normalized spacial score (nSPS) is 12.7. The van der Waals surface area contributed by atoms with E-state index in [4.69, 9.17) is 0 Å². The second kappa shape index (κ2) is 4.97. The van der Waals surface area contributed by atoms with Gasteiger partial charge in [-0.05, 0) is 12.3 Å². The minimum atomic E-state index is -0.308. The Balaban J connectivity index is 3.59. The van der Waals surface area contributed by atoms with E-state index in [-0.39, 0.29) is 6.04 Å². The molecule has 0 bridgehead atoms. The number of carbonyl (C=O) groups excluding carboxylic acids is 2. The van der Waals surface area contributed by atoms with Gasteiger partial charge in [0.15, 0.2) is 0 Å². The highest BCUT2D eigenvalue weighted by Gasteiger charge is 2.06. The van der Waals surface area contributed by atoms with Crippen LogP contribution in [0.15, 0.2) is 0 Å². The van der Waals surface area contributed by atoms with Crippen LogP contribution in [0.2, 0.25) is 0 Å². The monoisotopic (exact) mass is 143 g/mol. The molecule has 0 aromatic heterocycles. The van der Waals surface area contributed by atoms with Gasteiger partial charge in [0.2, 0.25) is 6.41 Å². The third-order valence-electron chi connectivity index (χ3n) is 1.17. The fraction of sp³-hybridized carbons (Fsp3) is 0.714. The Morgan fingerprint density at radius 3 is 2.30 bits per heavy atom. The molecule has 3 nitrogen and oxygen atoms in total. The number of hydrogen-bond donors (Lipinski definition) is 1. The summed E-state index contributed by atoms with van der Waals surface area (Å²) in [6, 6.07) is -0.308. The lowest BCUT2D eigenvalue weighted by atomic mass is 10.1. The van der Waals surface area contributed by atoms with Crippen LogP contribution in [-0.2, 0) is 9.59 Å². The number of rotatable bonds is 5. The first-order valence-electron chi connectivity index (χ1n) is 3.35. The molecule has 0 fully saturated rings. The van der Waals surface area contributed by atoms with E-state index in [1.165, 1.54) is 0 Å². The lowest BCUT2D eigenvalue weighted by Crippen LogP contribution is -2.30. The SMILES string of the molecule is CC(C)CC(C=O)NC=O. The van der Waals surface area contributed by atoms with Crippen molar-refractivity contribution >= 4 is 12.7 Å². The molecule has 0 aliphatic rings. The third-order valence-corrected chi connectivity index (χ3v) is 1.17. The largest absolute Gasteiger partial charge is 0.349 e. The maximum absolute atomic E-state index is 10.2. The van der Waals surface area contributed by atoms with Gasteiger partial charge in [0.25, 0.3) is 0 Å². The number of nitrogens with one attached hydrogen (secondary N) is 1. The first kappa shape index (κ1) is 9.14. The molecular formula is C7H13NO2. The Hall–Kier alpha value is -0.860. The van der Waals surface area contributed by atoms with Gasteiger partial charge in [0.05, 0.1) is 6.04 Å². The van der Waals surface area contributed by atoms with E-state index >= 15 is 0 Å². The van der Waals surface area contributed by atoms with Crippen molar-refractivity contribution in [2.45, 2.75) is 26.3 Å². The summed E-state index contributed by atoms with van der Waals surface area (Å²) in [4.78, 5) is 20.1. The molecule has 1 unspecified atom stereocenters. The number of aldehydes is 1. The maximum Gasteiger partial charge on any atom is 0.207 e. The smallest absolute Gasteiger partial charge is 0.207 e. The van der Waals surface area contributed by atoms with Gasteiger partial charge in [-0.25, -0.2) is 0 Å². The van der Waals surface area contributed by atoms with Gasteiger partial charge in [-0.2, -0.15) is 0 Å². The average Bonchev–Trinajstić information content (AvgIpc) is 1.86. The van der Waals surface area contributed by atoms with Crippen LogP contribution in [0, 0.1) is 5.92 Å². The molecule has 10 heavy (non-hydrogen) atoms. The summed E-state index contributed by atoms with van der Waals surface area (Å²) in [7, 11) is 0. The average molecular weight is 143 g/mol. The number of amides is 1. The molecule has 0 aliphatic heterocycles. The molecule has 3 heteroatoms. The molecule has 0 aliphatic carbocycles. The van der Waals surface area contributed by atoms with Gasteiger partial charge < -0.3 is 10.1 Å². The Kier molecular flexibility index (Phi) is 4.54. The number of carbonyl (C=O) groups is 2. The van der Waals surface area contributed by atoms with Crippen molar-refractivity contribution in [3.05, 3.63) is 0 Å². The van der Waals surface area contributed by atoms with Crippen molar-refractivity contribution < 1.29 is 9.59 Å². The fourth-order valence-corrected chi connectivity index (χ4v) is 0.758. The Morgan fingerprint density at radius 1 is 1.40 bits per heavy atom. The minimum Gasteiger partial charge on any atom is -0.349 e. The molecule has 1 amide bonds. The predicted octanol–water partition coefficient (Wildman–Crippen LogP) is 0.346. The molecule has 0 saturated heterocycles. The van der Waals surface area contributed by atoms with Crippen molar-refractivity contribution in [2.75, 3.05) is 0 Å². The van der Waals surface area contributed by atoms with Crippen LogP contribution in [0.25, 0.3) is 0 Å². The van der Waals surface area contributed by atoms with Gasteiger partial charge >= 0.3 is 0 Å². The molecule has 58 valence electrons. The summed E-state index contributed by atoms with van der Waals surface area (Å²) in [6.45, 7) is 4.01. The molecular weight excluding hydrogens is 130 g/mol. The van der Waals surface area contributed by atoms with Gasteiger partial charge in [-0.1, -0.05) is 13.8 Å². The molecule has 0 spiro atoms. The van der Waals surface area contributed by atoms with Crippen LogP contribution in [-0.4, -0.2) is 18.7 Å². The quantitative estimate of drug-likeness (QED) is 0.564. The Bertz CT molecular complexity index is 112. The Morgan fingerprint density at radius 2 is 2.00 bits per heavy atom. The Labute approximate surface area is 60.8 Å². The van der Waals surface area contributed by atoms with Crippen LogP contribution < -0.4 is 5.32 Å². The lowest BCUT2D eigenvalue weighted by Gasteiger charge is -2.10. The standard InChI is InChI=1S/C7H13NO2/c1-6(2)3-7(4-9)8-5-10/h4-7H,3H2,1-2H3,(H,8,10). The summed E-state index contributed by atoms with van der Waals surface area (Å²) in [5.41, 5.74) is 0. The van der Waals surface area contributed by atoms with Gasteiger partial charge in [-0.15, -0.1) is 0 Å². The number of hydrogen-bond acceptors (Lipinski definition) is 2. The topological polar surface area (TPSA) is 46.2 Å². The second-order valence-electron chi connectivity index (χ2n) is 2.66. The van der Waals surface area contributed by atoms with Crippen LogP contribution in [0.3, 0.4) is 0 Å². The molecule has 1 atom stereocenters. The zero-order chi connectivity index (χ0) is 7.98. The minimum absolute atomic E-state index is 0.308. The second-order valence-corrected chi connectivity index (χ2v) is 2.66. The third kappa shape index (κ3) is 4.06. The maximum atomic E-state index is 10.2. The van der Waals surface area contributed by atoms with E-state index in [9.17, 15) is 9.59 Å². The van der Waals surface area contributed by atoms with Crippen LogP contribution in [0.5, 0.6) is 0 Å². The van der Waals surface area contributed by atoms with Crippen LogP contribution in [0.4, 0.5) is 0 Å². The predicted molar refractivity (Wildman–Crippen MR) is 38.5 cm³/mol. The van der Waals surface area contributed by atoms with E-state index in [1.807, 2.05) is 13.8 Å². The summed E-state index contributed by atoms with van der Waals surface area (Å²) >= 11 is 0. The first-order chi connectivity index (χ1) is 4.70. The summed E-state index contributed by atoms with van der Waals surface area (Å²) in [5.74, 6) is 0.433. The van der Waals surface area contributed by atoms with Crippen LogP contribution in [0.1, 0.15) is 20.3 Å². The summed E-state index contributed by atoms with van der Waals surface area (Å²) in [5, 5.41) is 2.42. The van der Waals surface area contributed by atoms with E-state index in [2.05, 4.69) is 5.32 Å². The molecule has 0 aromatic carbocycles. The van der Waals surface area contributed by atoms with Gasteiger partial charge in [0.1, 0.15) is 6.29 Å². The van der Waals surface area contributed by atoms with E-state index in [1.54, 1.807) is 0 Å².